The van der Waals surface area contributed by atoms with Gasteiger partial charge in [0, 0.05) is 5.03 Å². The summed E-state index contributed by atoms with van der Waals surface area (Å²) < 4.78 is 0. The summed E-state index contributed by atoms with van der Waals surface area (Å²) in [6.45, 7) is 8.09. The largest absolute Gasteiger partial charge is 0.0976 e. The van der Waals surface area contributed by atoms with Gasteiger partial charge in [0.2, 0.25) is 0 Å². The van der Waals surface area contributed by atoms with Crippen molar-refractivity contribution in [2.45, 2.75) is 39.5 Å². The highest BCUT2D eigenvalue weighted by molar-refractivity contribution is 6.31. The van der Waals surface area contributed by atoms with Crippen LogP contribution in [0.2, 0.25) is 0 Å². The zero-order valence-corrected chi connectivity index (χ0v) is 9.90. The van der Waals surface area contributed by atoms with Crippen LogP contribution in [0.1, 0.15) is 39.5 Å². The lowest BCUT2D eigenvalue weighted by molar-refractivity contribution is 0.423. The second-order valence-corrected chi connectivity index (χ2v) is 4.68. The van der Waals surface area contributed by atoms with Crippen LogP contribution in [0.4, 0.5) is 0 Å². The lowest BCUT2D eigenvalue weighted by atomic mass is 9.80. The van der Waals surface area contributed by atoms with Gasteiger partial charge >= 0.3 is 0 Å². The molecule has 1 rings (SSSR count). The third-order valence-corrected chi connectivity index (χ3v) is 3.47. The number of hydrogen-bond donors (Lipinski definition) is 0. The minimum absolute atomic E-state index is 0.345. The zero-order valence-electron chi connectivity index (χ0n) is 9.15. The van der Waals surface area contributed by atoms with Crippen LogP contribution in [0, 0.1) is 5.41 Å². The lowest BCUT2D eigenvalue weighted by Crippen LogP contribution is -2.13. The number of rotatable bonds is 3. The fraction of sp³-hybridized carbons (Fsp3) is 0.538. The maximum Gasteiger partial charge on any atom is 0.0402 e. The summed E-state index contributed by atoms with van der Waals surface area (Å²) in [5.74, 6) is 0. The molecule has 0 unspecified atom stereocenters. The average molecular weight is 211 g/mol. The van der Waals surface area contributed by atoms with Gasteiger partial charge in [0.25, 0.3) is 0 Å². The Morgan fingerprint density at radius 3 is 2.36 bits per heavy atom. The third kappa shape index (κ3) is 2.51. The summed E-state index contributed by atoms with van der Waals surface area (Å²) in [6.07, 6.45) is 11.2. The molecule has 0 nitrogen and oxygen atoms in total. The monoisotopic (exact) mass is 210 g/mol. The highest BCUT2D eigenvalue weighted by atomic mass is 35.5. The van der Waals surface area contributed by atoms with E-state index in [2.05, 4.69) is 32.6 Å². The van der Waals surface area contributed by atoms with Crippen LogP contribution >= 0.6 is 11.6 Å². The number of halogens is 1. The van der Waals surface area contributed by atoms with Gasteiger partial charge in [-0.15, -0.1) is 0 Å². The van der Waals surface area contributed by atoms with Crippen LogP contribution in [0.25, 0.3) is 0 Å². The fourth-order valence-corrected chi connectivity index (χ4v) is 2.38. The molecular weight excluding hydrogens is 192 g/mol. The first-order valence-electron chi connectivity index (χ1n) is 5.29. The molecule has 0 saturated heterocycles. The van der Waals surface area contributed by atoms with Crippen LogP contribution in [0.15, 0.2) is 35.4 Å². The molecule has 0 aromatic rings. The molecule has 78 valence electrons. The van der Waals surface area contributed by atoms with E-state index in [4.69, 9.17) is 11.6 Å². The molecule has 0 aromatic carbocycles. The van der Waals surface area contributed by atoms with Gasteiger partial charge in [-0.1, -0.05) is 50.1 Å². The SMILES string of the molecule is C=C/C(Cl)=C\C(=C/C)C1(C)CCCC1. The summed E-state index contributed by atoms with van der Waals surface area (Å²) in [7, 11) is 0. The smallest absolute Gasteiger partial charge is 0.0402 e. The predicted molar refractivity (Wildman–Crippen MR) is 64.5 cm³/mol. The predicted octanol–water partition coefficient (Wildman–Crippen LogP) is 4.82. The topological polar surface area (TPSA) is 0 Å². The van der Waals surface area contributed by atoms with Gasteiger partial charge in [-0.25, -0.2) is 0 Å². The van der Waals surface area contributed by atoms with E-state index in [1.807, 2.05) is 0 Å². The molecule has 0 N–H and O–H groups in total. The minimum Gasteiger partial charge on any atom is -0.0976 e. The third-order valence-electron chi connectivity index (χ3n) is 3.20. The maximum absolute atomic E-state index is 5.98. The van der Waals surface area contributed by atoms with E-state index < -0.39 is 0 Å². The van der Waals surface area contributed by atoms with Crippen molar-refractivity contribution in [3.8, 4) is 0 Å². The van der Waals surface area contributed by atoms with Crippen molar-refractivity contribution >= 4 is 11.6 Å². The first-order valence-corrected chi connectivity index (χ1v) is 5.66. The average Bonchev–Trinajstić information content (AvgIpc) is 2.62. The minimum atomic E-state index is 0.345. The molecule has 0 amide bonds. The van der Waals surface area contributed by atoms with Gasteiger partial charge in [-0.2, -0.15) is 0 Å². The highest BCUT2D eigenvalue weighted by Gasteiger charge is 2.30. The van der Waals surface area contributed by atoms with Crippen LogP contribution in [0.3, 0.4) is 0 Å². The van der Waals surface area contributed by atoms with Gasteiger partial charge in [-0.3, -0.25) is 0 Å². The molecule has 1 fully saturated rings. The Morgan fingerprint density at radius 2 is 1.93 bits per heavy atom. The van der Waals surface area contributed by atoms with Crippen molar-refractivity contribution < 1.29 is 0 Å². The summed E-state index contributed by atoms with van der Waals surface area (Å²) in [5, 5.41) is 0.742. The van der Waals surface area contributed by atoms with Crippen molar-refractivity contribution in [2.24, 2.45) is 5.41 Å². The lowest BCUT2D eigenvalue weighted by Gasteiger charge is -2.25. The standard InChI is InChI=1S/C13H19Cl/c1-4-11(10-12(14)5-2)13(3)8-6-7-9-13/h4-5,10H,2,6-9H2,1,3H3/b11-4+,12-10+. The van der Waals surface area contributed by atoms with Gasteiger partial charge in [-0.05, 0) is 36.8 Å². The van der Waals surface area contributed by atoms with Crippen molar-refractivity contribution in [3.63, 3.8) is 0 Å². The van der Waals surface area contributed by atoms with Gasteiger partial charge in [0.1, 0.15) is 0 Å². The van der Waals surface area contributed by atoms with E-state index in [1.54, 1.807) is 6.08 Å². The second kappa shape index (κ2) is 4.84. The molecule has 1 saturated carbocycles. The molecule has 0 heterocycles. The van der Waals surface area contributed by atoms with E-state index in [0.717, 1.165) is 5.03 Å². The van der Waals surface area contributed by atoms with Crippen molar-refractivity contribution in [2.75, 3.05) is 0 Å². The fourth-order valence-electron chi connectivity index (χ4n) is 2.26. The number of allylic oxidation sites excluding steroid dienone is 5. The quantitative estimate of drug-likeness (QED) is 0.586. The van der Waals surface area contributed by atoms with E-state index in [9.17, 15) is 0 Å². The Kier molecular flexibility index (Phi) is 4.00. The van der Waals surface area contributed by atoms with Crippen LogP contribution in [-0.4, -0.2) is 0 Å². The van der Waals surface area contributed by atoms with Gasteiger partial charge in [0.05, 0.1) is 0 Å². The van der Waals surface area contributed by atoms with E-state index in [0.29, 0.717) is 5.41 Å². The highest BCUT2D eigenvalue weighted by Crippen LogP contribution is 2.44. The Hall–Kier alpha value is -0.490. The van der Waals surface area contributed by atoms with Crippen molar-refractivity contribution in [1.29, 1.82) is 0 Å². The van der Waals surface area contributed by atoms with Gasteiger partial charge in [0.15, 0.2) is 0 Å². The molecule has 14 heavy (non-hydrogen) atoms. The molecule has 0 spiro atoms. The Balaban J connectivity index is 2.87. The Morgan fingerprint density at radius 1 is 1.36 bits per heavy atom. The van der Waals surface area contributed by atoms with E-state index in [-0.39, 0.29) is 0 Å². The summed E-state index contributed by atoms with van der Waals surface area (Å²) in [6, 6.07) is 0. The van der Waals surface area contributed by atoms with Crippen LogP contribution < -0.4 is 0 Å². The zero-order chi connectivity index (χ0) is 10.6. The normalized spacial score (nSPS) is 22.5. The molecular formula is C13H19Cl. The summed E-state index contributed by atoms with van der Waals surface area (Å²) >= 11 is 5.98. The number of hydrogen-bond acceptors (Lipinski definition) is 0. The first kappa shape index (κ1) is 11.6. The Bertz CT molecular complexity index is 265. The second-order valence-electron chi connectivity index (χ2n) is 4.25. The molecule has 0 atom stereocenters. The maximum atomic E-state index is 5.98. The first-order chi connectivity index (χ1) is 6.62. The van der Waals surface area contributed by atoms with Gasteiger partial charge < -0.3 is 0 Å². The Labute approximate surface area is 92.3 Å². The van der Waals surface area contributed by atoms with Crippen LogP contribution in [-0.2, 0) is 0 Å². The molecule has 1 aliphatic carbocycles. The summed E-state index contributed by atoms with van der Waals surface area (Å²) in [5.41, 5.74) is 1.71. The van der Waals surface area contributed by atoms with Crippen LogP contribution in [0.5, 0.6) is 0 Å². The van der Waals surface area contributed by atoms with Crippen molar-refractivity contribution in [1.82, 2.24) is 0 Å². The molecule has 0 aromatic heterocycles. The molecule has 0 bridgehead atoms. The van der Waals surface area contributed by atoms with Crippen molar-refractivity contribution in [3.05, 3.63) is 35.4 Å². The van der Waals surface area contributed by atoms with E-state index >= 15 is 0 Å². The molecule has 0 aliphatic heterocycles. The molecule has 1 aliphatic rings. The molecule has 1 heteroatoms. The van der Waals surface area contributed by atoms with E-state index in [1.165, 1.54) is 31.3 Å². The molecule has 0 radical (unpaired) electrons. The summed E-state index contributed by atoms with van der Waals surface area (Å²) in [4.78, 5) is 0.